The molecule has 0 aliphatic heterocycles. The van der Waals surface area contributed by atoms with E-state index in [9.17, 15) is 8.42 Å². The van der Waals surface area contributed by atoms with Gasteiger partial charge in [-0.2, -0.15) is 0 Å². The van der Waals surface area contributed by atoms with Crippen LogP contribution >= 0.6 is 39.1 Å². The number of sulfonamides is 1. The van der Waals surface area contributed by atoms with Gasteiger partial charge in [0.1, 0.15) is 15.7 Å². The molecule has 22 heavy (non-hydrogen) atoms. The van der Waals surface area contributed by atoms with Gasteiger partial charge in [0.05, 0.1) is 17.8 Å². The third-order valence-corrected chi connectivity index (χ3v) is 6.52. The Hall–Kier alpha value is -0.950. The Balaban J connectivity index is 2.56. The number of benzene rings is 2. The Morgan fingerprint density at radius 1 is 1.09 bits per heavy atom. The van der Waals surface area contributed by atoms with E-state index in [1.165, 1.54) is 26.3 Å². The van der Waals surface area contributed by atoms with Crippen LogP contribution in [0.1, 0.15) is 0 Å². The Kier molecular flexibility index (Phi) is 5.27. The summed E-state index contributed by atoms with van der Waals surface area (Å²) in [4.78, 5) is -0.0850. The van der Waals surface area contributed by atoms with Gasteiger partial charge in [0.2, 0.25) is 0 Å². The number of hydrogen-bond acceptors (Lipinski definition) is 3. The monoisotopic (exact) mass is 423 g/mol. The highest BCUT2D eigenvalue weighted by Crippen LogP contribution is 2.39. The fourth-order valence-corrected chi connectivity index (χ4v) is 4.55. The molecule has 2 aromatic carbocycles. The fraction of sp³-hybridized carbons (Fsp3) is 0.143. The molecule has 4 nitrogen and oxygen atoms in total. The summed E-state index contributed by atoms with van der Waals surface area (Å²) in [5.74, 6) is 0.314. The molecule has 0 bridgehead atoms. The van der Waals surface area contributed by atoms with Crippen LogP contribution in [0.4, 0.5) is 5.69 Å². The number of hydrogen-bond donors (Lipinski definition) is 0. The summed E-state index contributed by atoms with van der Waals surface area (Å²) in [7, 11) is -0.984. The summed E-state index contributed by atoms with van der Waals surface area (Å²) >= 11 is 15.5. The van der Waals surface area contributed by atoms with Gasteiger partial charge in [-0.05, 0) is 40.2 Å². The van der Waals surface area contributed by atoms with Gasteiger partial charge in [-0.3, -0.25) is 4.31 Å². The predicted octanol–water partition coefficient (Wildman–Crippen LogP) is 4.59. The fourth-order valence-electron chi connectivity index (χ4n) is 1.86. The summed E-state index contributed by atoms with van der Waals surface area (Å²) < 4.78 is 32.4. The van der Waals surface area contributed by atoms with Crippen molar-refractivity contribution in [3.63, 3.8) is 0 Å². The second-order valence-electron chi connectivity index (χ2n) is 4.32. The number of anilines is 1. The second kappa shape index (κ2) is 6.66. The Morgan fingerprint density at radius 3 is 2.32 bits per heavy atom. The SMILES string of the molecule is COc1ccc(S(=O)(=O)N(C)c2ccccc2Br)c(Cl)c1Cl. The van der Waals surface area contributed by atoms with Gasteiger partial charge in [-0.1, -0.05) is 35.3 Å². The van der Waals surface area contributed by atoms with Gasteiger partial charge in [-0.15, -0.1) is 0 Å². The largest absolute Gasteiger partial charge is 0.495 e. The zero-order valence-electron chi connectivity index (χ0n) is 11.7. The van der Waals surface area contributed by atoms with Crippen molar-refractivity contribution in [1.29, 1.82) is 0 Å². The number of methoxy groups -OCH3 is 1. The number of para-hydroxylation sites is 1. The topological polar surface area (TPSA) is 46.6 Å². The van der Waals surface area contributed by atoms with Crippen molar-refractivity contribution in [2.45, 2.75) is 4.90 Å². The third kappa shape index (κ3) is 3.06. The van der Waals surface area contributed by atoms with Crippen molar-refractivity contribution >= 4 is 54.8 Å². The van der Waals surface area contributed by atoms with E-state index in [1.54, 1.807) is 24.3 Å². The molecule has 118 valence electrons. The second-order valence-corrected chi connectivity index (χ2v) is 7.87. The van der Waals surface area contributed by atoms with Gasteiger partial charge < -0.3 is 4.74 Å². The van der Waals surface area contributed by atoms with E-state index in [1.807, 2.05) is 0 Å². The molecule has 0 heterocycles. The first kappa shape index (κ1) is 17.4. The summed E-state index contributed by atoms with van der Waals surface area (Å²) in [6.07, 6.45) is 0. The van der Waals surface area contributed by atoms with Crippen LogP contribution in [0.2, 0.25) is 10.0 Å². The minimum atomic E-state index is -3.86. The average Bonchev–Trinajstić information content (AvgIpc) is 2.49. The van der Waals surface area contributed by atoms with Crippen LogP contribution < -0.4 is 9.04 Å². The third-order valence-electron chi connectivity index (χ3n) is 3.06. The minimum Gasteiger partial charge on any atom is -0.495 e. The molecule has 2 rings (SSSR count). The molecule has 0 N–H and O–H groups in total. The number of rotatable bonds is 4. The van der Waals surface area contributed by atoms with Crippen LogP contribution in [0.3, 0.4) is 0 Å². The van der Waals surface area contributed by atoms with Crippen molar-refractivity contribution in [1.82, 2.24) is 0 Å². The van der Waals surface area contributed by atoms with Crippen LogP contribution in [-0.4, -0.2) is 22.6 Å². The van der Waals surface area contributed by atoms with E-state index in [4.69, 9.17) is 27.9 Å². The molecule has 0 saturated heterocycles. The standard InChI is InChI=1S/C14H12BrCl2NO3S/c1-18(10-6-4-3-5-9(10)15)22(19,20)12-8-7-11(21-2)13(16)14(12)17/h3-8H,1-2H3. The van der Waals surface area contributed by atoms with Crippen LogP contribution in [0, 0.1) is 0 Å². The lowest BCUT2D eigenvalue weighted by Crippen LogP contribution is -2.27. The molecule has 0 atom stereocenters. The lowest BCUT2D eigenvalue weighted by molar-refractivity contribution is 0.414. The number of halogens is 3. The molecule has 0 aromatic heterocycles. The molecular formula is C14H12BrCl2NO3S. The highest BCUT2D eigenvalue weighted by Gasteiger charge is 2.27. The highest BCUT2D eigenvalue weighted by molar-refractivity contribution is 9.10. The summed E-state index contributed by atoms with van der Waals surface area (Å²) in [5, 5.41) is -0.00862. The Labute approximate surface area is 147 Å². The maximum absolute atomic E-state index is 12.8. The van der Waals surface area contributed by atoms with E-state index < -0.39 is 10.0 Å². The summed E-state index contributed by atoms with van der Waals surface area (Å²) in [6, 6.07) is 9.81. The minimum absolute atomic E-state index is 0.0609. The molecule has 0 aliphatic carbocycles. The molecule has 0 fully saturated rings. The summed E-state index contributed by atoms with van der Waals surface area (Å²) in [6.45, 7) is 0. The molecule has 0 aliphatic rings. The van der Waals surface area contributed by atoms with Crippen molar-refractivity contribution < 1.29 is 13.2 Å². The van der Waals surface area contributed by atoms with Crippen LogP contribution in [-0.2, 0) is 10.0 Å². The van der Waals surface area contributed by atoms with Crippen molar-refractivity contribution in [3.8, 4) is 5.75 Å². The molecule has 0 radical (unpaired) electrons. The Bertz CT molecular complexity index is 812. The van der Waals surface area contributed by atoms with Crippen molar-refractivity contribution in [2.75, 3.05) is 18.5 Å². The molecule has 0 saturated carbocycles. The van der Waals surface area contributed by atoms with E-state index in [-0.39, 0.29) is 14.9 Å². The normalized spacial score (nSPS) is 11.3. The zero-order valence-corrected chi connectivity index (χ0v) is 15.6. The van der Waals surface area contributed by atoms with Gasteiger partial charge in [-0.25, -0.2) is 8.42 Å². The first-order valence-corrected chi connectivity index (χ1v) is 9.05. The molecule has 0 amide bonds. The molecule has 2 aromatic rings. The smallest absolute Gasteiger partial charge is 0.265 e. The lowest BCUT2D eigenvalue weighted by Gasteiger charge is -2.22. The van der Waals surface area contributed by atoms with E-state index in [0.29, 0.717) is 15.9 Å². The van der Waals surface area contributed by atoms with E-state index >= 15 is 0 Å². The molecule has 8 heteroatoms. The van der Waals surface area contributed by atoms with Gasteiger partial charge >= 0.3 is 0 Å². The average molecular weight is 425 g/mol. The van der Waals surface area contributed by atoms with E-state index in [0.717, 1.165) is 4.31 Å². The molecule has 0 unspecified atom stereocenters. The van der Waals surface area contributed by atoms with Gasteiger partial charge in [0, 0.05) is 11.5 Å². The predicted molar refractivity (Wildman–Crippen MR) is 92.7 cm³/mol. The maximum Gasteiger partial charge on any atom is 0.265 e. The first-order valence-electron chi connectivity index (χ1n) is 6.06. The molecular weight excluding hydrogens is 413 g/mol. The van der Waals surface area contributed by atoms with Crippen LogP contribution in [0.15, 0.2) is 45.8 Å². The zero-order chi connectivity index (χ0) is 16.5. The maximum atomic E-state index is 12.8. The summed E-state index contributed by atoms with van der Waals surface area (Å²) in [5.41, 5.74) is 0.491. The lowest BCUT2D eigenvalue weighted by atomic mass is 10.3. The quantitative estimate of drug-likeness (QED) is 0.720. The van der Waals surface area contributed by atoms with Crippen LogP contribution in [0.25, 0.3) is 0 Å². The number of ether oxygens (including phenoxy) is 1. The molecule has 0 spiro atoms. The van der Waals surface area contributed by atoms with Crippen LogP contribution in [0.5, 0.6) is 5.75 Å². The van der Waals surface area contributed by atoms with Crippen molar-refractivity contribution in [3.05, 3.63) is 50.9 Å². The first-order chi connectivity index (χ1) is 10.3. The Morgan fingerprint density at radius 2 is 1.73 bits per heavy atom. The van der Waals surface area contributed by atoms with Gasteiger partial charge in [0.25, 0.3) is 10.0 Å². The van der Waals surface area contributed by atoms with Gasteiger partial charge in [0.15, 0.2) is 0 Å². The van der Waals surface area contributed by atoms with Crippen molar-refractivity contribution in [2.24, 2.45) is 0 Å². The number of nitrogens with zero attached hydrogens (tertiary/aromatic N) is 1. The highest BCUT2D eigenvalue weighted by atomic mass is 79.9. The van der Waals surface area contributed by atoms with E-state index in [2.05, 4.69) is 15.9 Å².